The fourth-order valence-corrected chi connectivity index (χ4v) is 5.13. The molecule has 1 fully saturated rings. The number of benzene rings is 1. The van der Waals surface area contributed by atoms with E-state index in [1.54, 1.807) is 38.1 Å². The lowest BCUT2D eigenvalue weighted by Crippen LogP contribution is -2.51. The molecule has 16 heteroatoms. The number of aldehydes is 1. The minimum absolute atomic E-state index is 0.0140. The first-order chi connectivity index (χ1) is 24.0. The predicted octanol–water partition coefficient (Wildman–Crippen LogP) is 0.985. The van der Waals surface area contributed by atoms with E-state index in [1.807, 2.05) is 0 Å². The van der Waals surface area contributed by atoms with Gasteiger partial charge in [-0.3, -0.25) is 28.9 Å². The van der Waals surface area contributed by atoms with Crippen molar-refractivity contribution in [3.8, 4) is 0 Å². The second kappa shape index (κ2) is 20.8. The highest BCUT2D eigenvalue weighted by molar-refractivity contribution is 6.12. The molecule has 1 aromatic rings. The maximum Gasteiger partial charge on any atom is 0.408 e. The summed E-state index contributed by atoms with van der Waals surface area (Å²) in [5, 5.41) is 10.6. The molecule has 0 aromatic heterocycles. The molecule has 1 saturated carbocycles. The third kappa shape index (κ3) is 13.7. The number of carbonyl (C=O) groups is 7. The van der Waals surface area contributed by atoms with Crippen LogP contribution in [-0.4, -0.2) is 111 Å². The van der Waals surface area contributed by atoms with Gasteiger partial charge in [0, 0.05) is 24.3 Å². The number of hydrogen-bond donors (Lipinski definition) is 4. The SMILES string of the molecule is CC(C)C(NC(=O)CCOCCOCCOCCN1C(=O)C=CC1=O)C(=O)NCC(=O)Nc1ccc(COC(=O)NC2(C=O)CCCC2)cc1. The molecule has 0 saturated heterocycles. The van der Waals surface area contributed by atoms with Crippen LogP contribution in [0, 0.1) is 5.92 Å². The van der Waals surface area contributed by atoms with E-state index in [0.29, 0.717) is 30.7 Å². The summed E-state index contributed by atoms with van der Waals surface area (Å²) >= 11 is 0. The molecule has 2 aliphatic rings. The molecule has 274 valence electrons. The number of ether oxygens (including phenoxy) is 4. The van der Waals surface area contributed by atoms with Gasteiger partial charge in [0.15, 0.2) is 0 Å². The summed E-state index contributed by atoms with van der Waals surface area (Å²) in [7, 11) is 0. The first-order valence-corrected chi connectivity index (χ1v) is 16.7. The largest absolute Gasteiger partial charge is 0.445 e. The predicted molar refractivity (Wildman–Crippen MR) is 178 cm³/mol. The molecule has 0 bridgehead atoms. The smallest absolute Gasteiger partial charge is 0.408 e. The number of carbonyl (C=O) groups excluding carboxylic acids is 7. The third-order valence-corrected chi connectivity index (χ3v) is 7.95. The number of amides is 6. The molecule has 6 amide bonds. The lowest BCUT2D eigenvalue weighted by molar-refractivity contribution is -0.137. The lowest BCUT2D eigenvalue weighted by atomic mass is 10.0. The third-order valence-electron chi connectivity index (χ3n) is 7.95. The van der Waals surface area contributed by atoms with E-state index >= 15 is 0 Å². The van der Waals surface area contributed by atoms with Crippen LogP contribution in [0.4, 0.5) is 10.5 Å². The Labute approximate surface area is 290 Å². The summed E-state index contributed by atoms with van der Waals surface area (Å²) in [6.07, 6.45) is 5.50. The van der Waals surface area contributed by atoms with Crippen molar-refractivity contribution < 1.29 is 52.5 Å². The molecule has 16 nitrogen and oxygen atoms in total. The Morgan fingerprint density at radius 3 is 2.06 bits per heavy atom. The summed E-state index contributed by atoms with van der Waals surface area (Å²) < 4.78 is 21.4. The Morgan fingerprint density at radius 2 is 1.46 bits per heavy atom. The Bertz CT molecular complexity index is 1340. The minimum Gasteiger partial charge on any atom is -0.445 e. The zero-order chi connectivity index (χ0) is 36.4. The van der Waals surface area contributed by atoms with Crippen molar-refractivity contribution in [3.63, 3.8) is 0 Å². The minimum atomic E-state index is -0.858. The fourth-order valence-electron chi connectivity index (χ4n) is 5.13. The van der Waals surface area contributed by atoms with E-state index < -0.39 is 29.5 Å². The first kappa shape index (κ1) is 39.8. The van der Waals surface area contributed by atoms with Crippen LogP contribution in [-0.2, 0) is 54.3 Å². The van der Waals surface area contributed by atoms with Crippen LogP contribution in [0.2, 0.25) is 0 Å². The molecule has 50 heavy (non-hydrogen) atoms. The van der Waals surface area contributed by atoms with Crippen LogP contribution in [0.5, 0.6) is 0 Å². The number of anilines is 1. The highest BCUT2D eigenvalue weighted by atomic mass is 16.6. The Kier molecular flexibility index (Phi) is 16.5. The molecule has 3 rings (SSSR count). The lowest BCUT2D eigenvalue weighted by Gasteiger charge is -2.22. The zero-order valence-corrected chi connectivity index (χ0v) is 28.5. The quantitative estimate of drug-likeness (QED) is 0.0762. The molecule has 1 aromatic carbocycles. The van der Waals surface area contributed by atoms with Crippen LogP contribution < -0.4 is 21.3 Å². The van der Waals surface area contributed by atoms with Crippen molar-refractivity contribution in [1.29, 1.82) is 0 Å². The van der Waals surface area contributed by atoms with Gasteiger partial charge in [-0.05, 0) is 36.5 Å². The Hall–Kier alpha value is -4.67. The summed E-state index contributed by atoms with van der Waals surface area (Å²) in [5.74, 6) is -2.31. The topological polar surface area (TPSA) is 208 Å². The van der Waals surface area contributed by atoms with Crippen molar-refractivity contribution >= 4 is 47.6 Å². The molecule has 1 atom stereocenters. The van der Waals surface area contributed by atoms with Gasteiger partial charge in [0.1, 0.15) is 18.9 Å². The summed E-state index contributed by atoms with van der Waals surface area (Å²) in [6, 6.07) is 5.76. The van der Waals surface area contributed by atoms with Crippen LogP contribution in [0.15, 0.2) is 36.4 Å². The number of rotatable bonds is 22. The molecule has 1 unspecified atom stereocenters. The van der Waals surface area contributed by atoms with E-state index in [0.717, 1.165) is 24.0 Å². The van der Waals surface area contributed by atoms with E-state index in [4.69, 9.17) is 18.9 Å². The highest BCUT2D eigenvalue weighted by Gasteiger charge is 2.35. The normalized spacial score (nSPS) is 15.5. The highest BCUT2D eigenvalue weighted by Crippen LogP contribution is 2.27. The van der Waals surface area contributed by atoms with Gasteiger partial charge in [-0.15, -0.1) is 0 Å². The van der Waals surface area contributed by atoms with E-state index in [1.165, 1.54) is 12.2 Å². The van der Waals surface area contributed by atoms with Crippen LogP contribution in [0.3, 0.4) is 0 Å². The van der Waals surface area contributed by atoms with Gasteiger partial charge in [0.25, 0.3) is 11.8 Å². The molecule has 1 aliphatic carbocycles. The fraction of sp³-hybridized carbons (Fsp3) is 0.559. The molecular formula is C34H47N5O11. The number of nitrogens with one attached hydrogen (secondary N) is 4. The van der Waals surface area contributed by atoms with Crippen LogP contribution in [0.25, 0.3) is 0 Å². The molecular weight excluding hydrogens is 654 g/mol. The molecule has 1 heterocycles. The molecule has 0 radical (unpaired) electrons. The summed E-state index contributed by atoms with van der Waals surface area (Å²) in [6.45, 7) is 4.81. The number of hydrogen-bond acceptors (Lipinski definition) is 11. The monoisotopic (exact) mass is 701 g/mol. The average Bonchev–Trinajstić information content (AvgIpc) is 3.69. The van der Waals surface area contributed by atoms with Crippen molar-refractivity contribution in [3.05, 3.63) is 42.0 Å². The van der Waals surface area contributed by atoms with Gasteiger partial charge in [0.2, 0.25) is 17.7 Å². The van der Waals surface area contributed by atoms with E-state index in [9.17, 15) is 33.6 Å². The molecule has 0 spiro atoms. The van der Waals surface area contributed by atoms with Crippen molar-refractivity contribution in [2.45, 2.75) is 64.1 Å². The molecule has 1 aliphatic heterocycles. The van der Waals surface area contributed by atoms with E-state index in [-0.39, 0.29) is 82.8 Å². The Morgan fingerprint density at radius 1 is 0.860 bits per heavy atom. The second-order valence-electron chi connectivity index (χ2n) is 12.2. The standard InChI is InChI=1S/C34H47N5O11/c1-24(2)31(37-27(41)11-15-47-17-19-49-20-18-48-16-14-39-29(43)9-10-30(39)44)32(45)35-21-28(42)36-26-7-5-25(6-8-26)22-50-33(46)38-34(23-40)12-3-4-13-34/h5-10,23-24,31H,3-4,11-22H2,1-2H3,(H,35,45)(H,36,42)(H,37,41)(H,38,46). The average molecular weight is 702 g/mol. The van der Waals surface area contributed by atoms with Crippen LogP contribution in [0.1, 0.15) is 51.5 Å². The van der Waals surface area contributed by atoms with Gasteiger partial charge >= 0.3 is 6.09 Å². The van der Waals surface area contributed by atoms with E-state index in [2.05, 4.69) is 21.3 Å². The number of imide groups is 1. The van der Waals surface area contributed by atoms with Gasteiger partial charge in [-0.2, -0.15) is 0 Å². The summed E-state index contributed by atoms with van der Waals surface area (Å²) in [5.41, 5.74) is 0.298. The number of nitrogens with zero attached hydrogens (tertiary/aromatic N) is 1. The van der Waals surface area contributed by atoms with Crippen molar-refractivity contribution in [2.75, 3.05) is 58.0 Å². The summed E-state index contributed by atoms with van der Waals surface area (Å²) in [4.78, 5) is 85.2. The molecule has 4 N–H and O–H groups in total. The van der Waals surface area contributed by atoms with Gasteiger partial charge in [0.05, 0.1) is 58.3 Å². The second-order valence-corrected chi connectivity index (χ2v) is 12.2. The van der Waals surface area contributed by atoms with Gasteiger partial charge in [-0.25, -0.2) is 4.79 Å². The maximum absolute atomic E-state index is 12.8. The van der Waals surface area contributed by atoms with Crippen molar-refractivity contribution in [2.24, 2.45) is 5.92 Å². The first-order valence-electron chi connectivity index (χ1n) is 16.7. The zero-order valence-electron chi connectivity index (χ0n) is 28.5. The van der Waals surface area contributed by atoms with Gasteiger partial charge in [-0.1, -0.05) is 38.8 Å². The van der Waals surface area contributed by atoms with Crippen molar-refractivity contribution in [1.82, 2.24) is 20.9 Å². The Balaban J connectivity index is 1.23. The number of alkyl carbamates (subject to hydrolysis) is 1. The van der Waals surface area contributed by atoms with Gasteiger partial charge < -0.3 is 45.0 Å². The maximum atomic E-state index is 12.8. The van der Waals surface area contributed by atoms with Crippen LogP contribution >= 0.6 is 0 Å².